The number of carbonyl (C=O) groups excluding carboxylic acids is 1. The lowest BCUT2D eigenvalue weighted by Gasteiger charge is -2.21. The molecule has 1 aromatic rings. The van der Waals surface area contributed by atoms with Gasteiger partial charge in [0.05, 0.1) is 11.9 Å². The van der Waals surface area contributed by atoms with Gasteiger partial charge in [-0.1, -0.05) is 0 Å². The van der Waals surface area contributed by atoms with Crippen molar-refractivity contribution in [1.82, 2.24) is 14.7 Å². The fourth-order valence-corrected chi connectivity index (χ4v) is 2.43. The van der Waals surface area contributed by atoms with Crippen LogP contribution in [0.15, 0.2) is 12.4 Å². The highest BCUT2D eigenvalue weighted by molar-refractivity contribution is 5.88. The lowest BCUT2D eigenvalue weighted by Crippen LogP contribution is -2.34. The van der Waals surface area contributed by atoms with E-state index in [-0.39, 0.29) is 6.03 Å². The molecule has 20 heavy (non-hydrogen) atoms. The number of hydrogen-bond acceptors (Lipinski definition) is 3. The molecule has 0 radical (unpaired) electrons. The monoisotopic (exact) mass is 280 g/mol. The van der Waals surface area contributed by atoms with Crippen LogP contribution >= 0.6 is 0 Å². The zero-order valence-corrected chi connectivity index (χ0v) is 12.3. The molecule has 1 saturated heterocycles. The van der Waals surface area contributed by atoms with Gasteiger partial charge < -0.3 is 15.0 Å². The first kappa shape index (κ1) is 14.8. The summed E-state index contributed by atoms with van der Waals surface area (Å²) >= 11 is 0. The summed E-state index contributed by atoms with van der Waals surface area (Å²) in [5, 5.41) is 7.20. The normalized spacial score (nSPS) is 16.1. The maximum absolute atomic E-state index is 11.9. The molecule has 2 rings (SSSR count). The molecule has 2 amide bonds. The van der Waals surface area contributed by atoms with Gasteiger partial charge in [-0.15, -0.1) is 0 Å². The molecule has 0 aliphatic carbocycles. The predicted octanol–water partition coefficient (Wildman–Crippen LogP) is 2.18. The molecule has 2 heterocycles. The fourth-order valence-electron chi connectivity index (χ4n) is 2.43. The van der Waals surface area contributed by atoms with Crippen molar-refractivity contribution in [1.29, 1.82) is 0 Å². The molecular formula is C14H24N4O2. The summed E-state index contributed by atoms with van der Waals surface area (Å²) in [5.41, 5.74) is 0.758. The Morgan fingerprint density at radius 2 is 2.15 bits per heavy atom. The van der Waals surface area contributed by atoms with Crippen LogP contribution in [-0.2, 0) is 11.3 Å². The van der Waals surface area contributed by atoms with Gasteiger partial charge in [0.15, 0.2) is 0 Å². The quantitative estimate of drug-likeness (QED) is 0.899. The Hall–Kier alpha value is -1.56. The maximum Gasteiger partial charge on any atom is 0.321 e. The lowest BCUT2D eigenvalue weighted by atomic mass is 10.0. The van der Waals surface area contributed by atoms with Gasteiger partial charge >= 0.3 is 6.03 Å². The van der Waals surface area contributed by atoms with Crippen molar-refractivity contribution < 1.29 is 9.53 Å². The molecular weight excluding hydrogens is 256 g/mol. The first-order chi connectivity index (χ1) is 9.72. The Morgan fingerprint density at radius 1 is 1.45 bits per heavy atom. The van der Waals surface area contributed by atoms with Gasteiger partial charge in [-0.2, -0.15) is 5.10 Å². The number of nitrogens with zero attached hydrogens (tertiary/aromatic N) is 3. The first-order valence-electron chi connectivity index (χ1n) is 7.39. The van der Waals surface area contributed by atoms with Crippen LogP contribution in [0.3, 0.4) is 0 Å². The minimum absolute atomic E-state index is 0.0689. The standard InChI is InChI=1S/C14H24N4O2/c1-3-17(4-2)14(19)16-13-9-15-18(11-13)10-12-5-7-20-8-6-12/h9,11-12H,3-8,10H2,1-2H3,(H,16,19). The van der Waals surface area contributed by atoms with Crippen LogP contribution < -0.4 is 5.32 Å². The Labute approximate surface area is 120 Å². The van der Waals surface area contributed by atoms with Gasteiger partial charge in [0.1, 0.15) is 0 Å². The van der Waals surface area contributed by atoms with Crippen molar-refractivity contribution in [3.8, 4) is 0 Å². The molecule has 1 aliphatic heterocycles. The topological polar surface area (TPSA) is 59.4 Å². The first-order valence-corrected chi connectivity index (χ1v) is 7.39. The number of nitrogens with one attached hydrogen (secondary N) is 1. The van der Waals surface area contributed by atoms with Gasteiger partial charge in [-0.05, 0) is 32.6 Å². The summed E-state index contributed by atoms with van der Waals surface area (Å²) in [6.45, 7) is 7.94. The highest BCUT2D eigenvalue weighted by Gasteiger charge is 2.15. The molecule has 0 atom stereocenters. The number of anilines is 1. The molecule has 0 bridgehead atoms. The average Bonchev–Trinajstić information content (AvgIpc) is 2.88. The third-order valence-corrected chi connectivity index (χ3v) is 3.72. The molecule has 6 heteroatoms. The summed E-state index contributed by atoms with van der Waals surface area (Å²) in [4.78, 5) is 13.7. The Kier molecular flexibility index (Phi) is 5.40. The minimum Gasteiger partial charge on any atom is -0.381 e. The second kappa shape index (κ2) is 7.28. The molecule has 6 nitrogen and oxygen atoms in total. The van der Waals surface area contributed by atoms with Crippen molar-refractivity contribution in [2.24, 2.45) is 5.92 Å². The summed E-state index contributed by atoms with van der Waals surface area (Å²) in [6.07, 6.45) is 5.78. The molecule has 1 N–H and O–H groups in total. The molecule has 1 aromatic heterocycles. The van der Waals surface area contributed by atoms with Crippen LogP contribution in [0.1, 0.15) is 26.7 Å². The average molecular weight is 280 g/mol. The van der Waals surface area contributed by atoms with Crippen LogP contribution in [0.2, 0.25) is 0 Å². The van der Waals surface area contributed by atoms with E-state index in [0.717, 1.165) is 38.3 Å². The summed E-state index contributed by atoms with van der Waals surface area (Å²) in [6, 6.07) is -0.0689. The van der Waals surface area contributed by atoms with Crippen LogP contribution in [0.25, 0.3) is 0 Å². The Bertz CT molecular complexity index is 423. The van der Waals surface area contributed by atoms with E-state index < -0.39 is 0 Å². The number of hydrogen-bond donors (Lipinski definition) is 1. The number of urea groups is 1. The van der Waals surface area contributed by atoms with Gasteiger partial charge in [-0.3, -0.25) is 4.68 Å². The van der Waals surface area contributed by atoms with E-state index in [2.05, 4.69) is 10.4 Å². The predicted molar refractivity (Wildman–Crippen MR) is 77.7 cm³/mol. The fraction of sp³-hybridized carbons (Fsp3) is 0.714. The van der Waals surface area contributed by atoms with E-state index in [1.165, 1.54) is 0 Å². The molecule has 112 valence electrons. The van der Waals surface area contributed by atoms with Crippen LogP contribution in [0, 0.1) is 5.92 Å². The molecule has 0 saturated carbocycles. The Balaban J connectivity index is 1.86. The van der Waals surface area contributed by atoms with Crippen molar-refractivity contribution in [3.05, 3.63) is 12.4 Å². The van der Waals surface area contributed by atoms with E-state index in [0.29, 0.717) is 19.0 Å². The molecule has 1 aliphatic rings. The SMILES string of the molecule is CCN(CC)C(=O)Nc1cnn(CC2CCOCC2)c1. The highest BCUT2D eigenvalue weighted by atomic mass is 16.5. The number of ether oxygens (including phenoxy) is 1. The van der Waals surface area contributed by atoms with Gasteiger partial charge in [0.2, 0.25) is 0 Å². The maximum atomic E-state index is 11.9. The number of carbonyl (C=O) groups is 1. The van der Waals surface area contributed by atoms with E-state index in [1.54, 1.807) is 11.1 Å². The number of aromatic nitrogens is 2. The summed E-state index contributed by atoms with van der Waals surface area (Å²) < 4.78 is 7.26. The smallest absolute Gasteiger partial charge is 0.321 e. The van der Waals surface area contributed by atoms with Gasteiger partial charge in [0.25, 0.3) is 0 Å². The van der Waals surface area contributed by atoms with Crippen LogP contribution in [0.4, 0.5) is 10.5 Å². The minimum atomic E-state index is -0.0689. The highest BCUT2D eigenvalue weighted by Crippen LogP contribution is 2.17. The van der Waals surface area contributed by atoms with Gasteiger partial charge in [0, 0.05) is 39.0 Å². The Morgan fingerprint density at radius 3 is 2.80 bits per heavy atom. The van der Waals surface area contributed by atoms with Crippen molar-refractivity contribution >= 4 is 11.7 Å². The third kappa shape index (κ3) is 3.96. The molecule has 0 aromatic carbocycles. The van der Waals surface area contributed by atoms with Crippen LogP contribution in [-0.4, -0.2) is 47.0 Å². The zero-order chi connectivity index (χ0) is 14.4. The molecule has 1 fully saturated rings. The summed E-state index contributed by atoms with van der Waals surface area (Å²) in [7, 11) is 0. The largest absolute Gasteiger partial charge is 0.381 e. The van der Waals surface area contributed by atoms with Crippen LogP contribution in [0.5, 0.6) is 0 Å². The van der Waals surface area contributed by atoms with E-state index >= 15 is 0 Å². The molecule has 0 unspecified atom stereocenters. The second-order valence-electron chi connectivity index (χ2n) is 5.11. The van der Waals surface area contributed by atoms with E-state index in [9.17, 15) is 4.79 Å². The second-order valence-corrected chi connectivity index (χ2v) is 5.11. The number of rotatable bonds is 5. The summed E-state index contributed by atoms with van der Waals surface area (Å²) in [5.74, 6) is 0.620. The van der Waals surface area contributed by atoms with E-state index in [4.69, 9.17) is 4.74 Å². The number of amides is 2. The molecule has 0 spiro atoms. The van der Waals surface area contributed by atoms with Crippen molar-refractivity contribution in [2.75, 3.05) is 31.6 Å². The zero-order valence-electron chi connectivity index (χ0n) is 12.3. The van der Waals surface area contributed by atoms with Crippen molar-refractivity contribution in [3.63, 3.8) is 0 Å². The lowest BCUT2D eigenvalue weighted by molar-refractivity contribution is 0.0601. The van der Waals surface area contributed by atoms with Gasteiger partial charge in [-0.25, -0.2) is 4.79 Å². The van der Waals surface area contributed by atoms with E-state index in [1.807, 2.05) is 24.7 Å². The van der Waals surface area contributed by atoms with Crippen molar-refractivity contribution in [2.45, 2.75) is 33.2 Å². The third-order valence-electron chi connectivity index (χ3n) is 3.72.